The van der Waals surface area contributed by atoms with Crippen LogP contribution in [0.25, 0.3) is 6.08 Å². The highest BCUT2D eigenvalue weighted by atomic mass is 16.2. The van der Waals surface area contributed by atoms with Crippen LogP contribution >= 0.6 is 0 Å². The third-order valence-corrected chi connectivity index (χ3v) is 7.33. The zero-order chi connectivity index (χ0) is 26.6. The highest BCUT2D eigenvalue weighted by Crippen LogP contribution is 2.24. The normalized spacial score (nSPS) is 17.9. The first-order valence-electron chi connectivity index (χ1n) is 14.1. The number of hydrogen-bond donors (Lipinski definition) is 3. The number of amides is 1. The van der Waals surface area contributed by atoms with Gasteiger partial charge < -0.3 is 25.1 Å². The molecule has 1 aromatic carbocycles. The minimum Gasteiger partial charge on any atom is -0.347 e. The molecule has 2 aromatic heterocycles. The first-order valence-corrected chi connectivity index (χ1v) is 14.1. The van der Waals surface area contributed by atoms with Gasteiger partial charge in [0.25, 0.3) is 0 Å². The fourth-order valence-corrected chi connectivity index (χ4v) is 5.32. The van der Waals surface area contributed by atoms with Crippen LogP contribution in [0.3, 0.4) is 0 Å². The van der Waals surface area contributed by atoms with Gasteiger partial charge in [0.15, 0.2) is 0 Å². The number of H-pyrrole nitrogens is 2. The summed E-state index contributed by atoms with van der Waals surface area (Å²) in [5.74, 6) is 1.39. The predicted octanol–water partition coefficient (Wildman–Crippen LogP) is 4.90. The van der Waals surface area contributed by atoms with E-state index < -0.39 is 0 Å². The van der Waals surface area contributed by atoms with E-state index in [4.69, 9.17) is 0 Å². The highest BCUT2D eigenvalue weighted by molar-refractivity contribution is 5.91. The number of nitrogens with one attached hydrogen (secondary N) is 3. The number of hydrogen-bond acceptors (Lipinski definition) is 5. The van der Waals surface area contributed by atoms with Crippen LogP contribution in [0.5, 0.6) is 0 Å². The van der Waals surface area contributed by atoms with Gasteiger partial charge >= 0.3 is 0 Å². The van der Waals surface area contributed by atoms with Crippen molar-refractivity contribution in [2.75, 3.05) is 13.1 Å². The fourth-order valence-electron chi connectivity index (χ4n) is 5.32. The maximum Gasteiger partial charge on any atom is 0.247 e. The minimum absolute atomic E-state index is 0.0874. The Morgan fingerprint density at radius 2 is 1.55 bits per heavy atom. The van der Waals surface area contributed by atoms with E-state index in [-0.39, 0.29) is 5.91 Å². The molecule has 1 aliphatic carbocycles. The summed E-state index contributed by atoms with van der Waals surface area (Å²) in [4.78, 5) is 32.1. The van der Waals surface area contributed by atoms with Gasteiger partial charge in [-0.05, 0) is 68.8 Å². The van der Waals surface area contributed by atoms with Crippen molar-refractivity contribution in [3.8, 4) is 0 Å². The summed E-state index contributed by atoms with van der Waals surface area (Å²) in [7, 11) is 0. The third kappa shape index (κ3) is 8.39. The monoisotopic (exact) mass is 517 g/mol. The minimum atomic E-state index is -0.0874. The lowest BCUT2D eigenvalue weighted by molar-refractivity contribution is -0.127. The molecular weight excluding hydrogens is 474 g/mol. The van der Waals surface area contributed by atoms with Gasteiger partial charge in [0.1, 0.15) is 11.6 Å². The van der Waals surface area contributed by atoms with Gasteiger partial charge in [-0.1, -0.05) is 38.1 Å². The standard InChI is InChI=1S/C30H43N7O/c1-3-19-36(20-4-2)27-12-10-26(11-13-27)35-21-25-7-5-24(6-8-25)9-14-30(38)37(22-28-31-15-16-32-28)23-29-33-17-18-34-29/h5-9,14-18,26-27,35H,3-4,10-13,19-23H2,1-2H3,(H,31,32)(H,33,34)/b14-9+/t26-,27-. The van der Waals surface area contributed by atoms with Crippen LogP contribution in [0.1, 0.15) is 75.1 Å². The van der Waals surface area contributed by atoms with Gasteiger partial charge in [-0.2, -0.15) is 0 Å². The summed E-state index contributed by atoms with van der Waals surface area (Å²) in [6, 6.07) is 9.81. The second kappa shape index (κ2) is 14.6. The van der Waals surface area contributed by atoms with Crippen molar-refractivity contribution < 1.29 is 4.79 Å². The first kappa shape index (κ1) is 27.8. The molecule has 0 unspecified atom stereocenters. The Balaban J connectivity index is 1.25. The van der Waals surface area contributed by atoms with Crippen LogP contribution in [-0.2, 0) is 24.4 Å². The fraction of sp³-hybridized carbons (Fsp3) is 0.500. The molecule has 0 aliphatic heterocycles. The van der Waals surface area contributed by atoms with Crippen LogP contribution < -0.4 is 5.32 Å². The number of aromatic nitrogens is 4. The SMILES string of the molecule is CCCN(CCC)[C@H]1CC[C@H](NCc2ccc(/C=C/C(=O)N(Cc3ncc[nH]3)Cc3ncc[nH]3)cc2)CC1. The van der Waals surface area contributed by atoms with Crippen molar-refractivity contribution in [2.45, 2.75) is 84.1 Å². The second-order valence-electron chi connectivity index (χ2n) is 10.3. The molecule has 8 nitrogen and oxygen atoms in total. The molecule has 8 heteroatoms. The highest BCUT2D eigenvalue weighted by Gasteiger charge is 2.24. The Labute approximate surface area is 227 Å². The van der Waals surface area contributed by atoms with Crippen LogP contribution in [0.4, 0.5) is 0 Å². The molecule has 2 heterocycles. The molecule has 1 amide bonds. The van der Waals surface area contributed by atoms with E-state index in [9.17, 15) is 4.79 Å². The zero-order valence-corrected chi connectivity index (χ0v) is 22.9. The number of carbonyl (C=O) groups excluding carboxylic acids is 1. The van der Waals surface area contributed by atoms with E-state index >= 15 is 0 Å². The molecule has 1 fully saturated rings. The summed E-state index contributed by atoms with van der Waals surface area (Å²) >= 11 is 0. The van der Waals surface area contributed by atoms with Crippen LogP contribution in [0.15, 0.2) is 55.1 Å². The van der Waals surface area contributed by atoms with Crippen molar-refractivity contribution in [3.05, 3.63) is 77.9 Å². The van der Waals surface area contributed by atoms with Crippen molar-refractivity contribution in [1.82, 2.24) is 35.1 Å². The molecular formula is C30H43N7O. The molecule has 0 spiro atoms. The number of carbonyl (C=O) groups is 1. The zero-order valence-electron chi connectivity index (χ0n) is 22.9. The largest absolute Gasteiger partial charge is 0.347 e. The maximum atomic E-state index is 13.0. The van der Waals surface area contributed by atoms with Crippen molar-refractivity contribution in [1.29, 1.82) is 0 Å². The Kier molecular flexibility index (Phi) is 10.7. The Hall–Kier alpha value is -3.23. The smallest absolute Gasteiger partial charge is 0.247 e. The number of rotatable bonds is 14. The molecule has 0 radical (unpaired) electrons. The van der Waals surface area contributed by atoms with Gasteiger partial charge in [0.2, 0.25) is 5.91 Å². The van der Waals surface area contributed by atoms with E-state index in [1.54, 1.807) is 35.8 Å². The van der Waals surface area contributed by atoms with E-state index in [0.29, 0.717) is 19.1 Å². The van der Waals surface area contributed by atoms with Gasteiger partial charge in [-0.25, -0.2) is 9.97 Å². The topological polar surface area (TPSA) is 92.9 Å². The number of imidazole rings is 2. The Bertz CT molecular complexity index is 1040. The lowest BCUT2D eigenvalue weighted by Gasteiger charge is -2.37. The summed E-state index contributed by atoms with van der Waals surface area (Å²) in [6.07, 6.45) is 18.0. The summed E-state index contributed by atoms with van der Waals surface area (Å²) < 4.78 is 0. The van der Waals surface area contributed by atoms with Crippen molar-refractivity contribution in [3.63, 3.8) is 0 Å². The molecule has 0 saturated heterocycles. The van der Waals surface area contributed by atoms with E-state index in [1.165, 1.54) is 57.2 Å². The van der Waals surface area contributed by atoms with Gasteiger partial charge in [-0.15, -0.1) is 0 Å². The second-order valence-corrected chi connectivity index (χ2v) is 10.3. The first-order chi connectivity index (χ1) is 18.6. The Morgan fingerprint density at radius 1 is 0.947 bits per heavy atom. The van der Waals surface area contributed by atoms with Crippen molar-refractivity contribution >= 4 is 12.0 Å². The molecule has 0 atom stereocenters. The number of benzene rings is 1. The lowest BCUT2D eigenvalue weighted by atomic mass is 9.89. The van der Waals surface area contributed by atoms with E-state index in [0.717, 1.165) is 29.8 Å². The molecule has 1 saturated carbocycles. The van der Waals surface area contributed by atoms with Gasteiger partial charge in [-0.3, -0.25) is 4.79 Å². The molecule has 38 heavy (non-hydrogen) atoms. The van der Waals surface area contributed by atoms with E-state index in [1.807, 2.05) is 6.08 Å². The molecule has 1 aliphatic rings. The maximum absolute atomic E-state index is 13.0. The molecule has 3 N–H and O–H groups in total. The average Bonchev–Trinajstić information content (AvgIpc) is 3.66. The molecule has 0 bridgehead atoms. The average molecular weight is 518 g/mol. The summed E-state index contributed by atoms with van der Waals surface area (Å²) in [5, 5.41) is 3.77. The Morgan fingerprint density at radius 3 is 2.08 bits per heavy atom. The molecule has 3 aromatic rings. The lowest BCUT2D eigenvalue weighted by Crippen LogP contribution is -2.43. The van der Waals surface area contributed by atoms with Gasteiger partial charge in [0, 0.05) is 49.5 Å². The summed E-state index contributed by atoms with van der Waals surface area (Å²) in [6.45, 7) is 8.69. The van der Waals surface area contributed by atoms with Crippen LogP contribution in [0, 0.1) is 0 Å². The van der Waals surface area contributed by atoms with Crippen LogP contribution in [-0.4, -0.2) is 60.8 Å². The van der Waals surface area contributed by atoms with Crippen molar-refractivity contribution in [2.24, 2.45) is 0 Å². The molecule has 4 rings (SSSR count). The number of aromatic amines is 2. The van der Waals surface area contributed by atoms with Crippen LogP contribution in [0.2, 0.25) is 0 Å². The summed E-state index contributed by atoms with van der Waals surface area (Å²) in [5.41, 5.74) is 2.27. The van der Waals surface area contributed by atoms with Gasteiger partial charge in [0.05, 0.1) is 13.1 Å². The number of nitrogens with zero attached hydrogens (tertiary/aromatic N) is 4. The quantitative estimate of drug-likeness (QED) is 0.265. The van der Waals surface area contributed by atoms with E-state index in [2.05, 4.69) is 68.3 Å². The third-order valence-electron chi connectivity index (χ3n) is 7.33. The predicted molar refractivity (Wildman–Crippen MR) is 152 cm³/mol. The molecule has 204 valence electrons.